The molecule has 0 saturated carbocycles. The fourth-order valence-electron chi connectivity index (χ4n) is 4.00. The van der Waals surface area contributed by atoms with Gasteiger partial charge in [0.2, 0.25) is 0 Å². The number of hydrogen-bond donors (Lipinski definition) is 0. The first-order valence-electron chi connectivity index (χ1n) is 9.64. The summed E-state index contributed by atoms with van der Waals surface area (Å²) in [4.78, 5) is 12.9. The van der Waals surface area contributed by atoms with Crippen LogP contribution in [0.4, 0.5) is 4.39 Å². The molecule has 4 heteroatoms. The van der Waals surface area contributed by atoms with Crippen LogP contribution < -0.4 is 0 Å². The number of benzene rings is 3. The van der Waals surface area contributed by atoms with E-state index in [-0.39, 0.29) is 5.82 Å². The molecule has 0 aliphatic carbocycles. The van der Waals surface area contributed by atoms with E-state index in [1.165, 1.54) is 19.2 Å². The van der Waals surface area contributed by atoms with E-state index in [1.54, 1.807) is 12.1 Å². The van der Waals surface area contributed by atoms with Gasteiger partial charge in [-0.2, -0.15) is 0 Å². The maximum Gasteiger partial charge on any atom is 0.340 e. The first-order valence-corrected chi connectivity index (χ1v) is 9.64. The lowest BCUT2D eigenvalue weighted by molar-refractivity contribution is 0.0603. The van der Waals surface area contributed by atoms with Crippen LogP contribution in [-0.4, -0.2) is 17.5 Å². The molecular formula is C26H18FNO2. The Balaban J connectivity index is 1.97. The molecule has 0 spiro atoms. The second-order valence-electron chi connectivity index (χ2n) is 7.11. The fraction of sp³-hybridized carbons (Fsp3) is 0.0385. The number of aromatic nitrogens is 1. The lowest BCUT2D eigenvalue weighted by Gasteiger charge is -2.16. The van der Waals surface area contributed by atoms with E-state index in [2.05, 4.69) is 0 Å². The van der Waals surface area contributed by atoms with Crippen LogP contribution in [0.25, 0.3) is 38.8 Å². The molecular weight excluding hydrogens is 377 g/mol. The van der Waals surface area contributed by atoms with Gasteiger partial charge in [0.15, 0.2) is 0 Å². The van der Waals surface area contributed by atoms with Gasteiger partial charge < -0.3 is 9.14 Å². The third kappa shape index (κ3) is 2.85. The summed E-state index contributed by atoms with van der Waals surface area (Å²) in [6.07, 6.45) is 0. The van der Waals surface area contributed by atoms with Gasteiger partial charge in [-0.05, 0) is 53.6 Å². The van der Waals surface area contributed by atoms with Crippen LogP contribution >= 0.6 is 0 Å². The van der Waals surface area contributed by atoms with Crippen molar-refractivity contribution in [1.29, 1.82) is 0 Å². The van der Waals surface area contributed by atoms with Gasteiger partial charge >= 0.3 is 5.97 Å². The summed E-state index contributed by atoms with van der Waals surface area (Å²) >= 11 is 0. The Kier molecular flexibility index (Phi) is 4.32. The van der Waals surface area contributed by atoms with E-state index in [9.17, 15) is 9.18 Å². The quantitative estimate of drug-likeness (QED) is 0.333. The van der Waals surface area contributed by atoms with Gasteiger partial charge in [-0.3, -0.25) is 0 Å². The van der Waals surface area contributed by atoms with E-state index in [0.29, 0.717) is 5.56 Å². The molecule has 0 atom stereocenters. The number of ether oxygens (including phenoxy) is 1. The van der Waals surface area contributed by atoms with Crippen molar-refractivity contribution in [1.82, 2.24) is 4.40 Å². The van der Waals surface area contributed by atoms with Gasteiger partial charge in [0.05, 0.1) is 29.4 Å². The zero-order chi connectivity index (χ0) is 20.7. The average Bonchev–Trinajstić information content (AvgIpc) is 3.18. The number of hydrogen-bond acceptors (Lipinski definition) is 2. The number of esters is 1. The zero-order valence-electron chi connectivity index (χ0n) is 16.3. The van der Waals surface area contributed by atoms with Crippen molar-refractivity contribution in [3.63, 3.8) is 0 Å². The zero-order valence-corrected chi connectivity index (χ0v) is 16.3. The van der Waals surface area contributed by atoms with Crippen molar-refractivity contribution >= 4 is 22.4 Å². The van der Waals surface area contributed by atoms with Crippen molar-refractivity contribution in [3.8, 4) is 22.4 Å². The smallest absolute Gasteiger partial charge is 0.340 e. The molecule has 0 aliphatic heterocycles. The molecule has 146 valence electrons. The van der Waals surface area contributed by atoms with Crippen LogP contribution in [0.1, 0.15) is 10.4 Å². The van der Waals surface area contributed by atoms with Crippen molar-refractivity contribution < 1.29 is 13.9 Å². The lowest BCUT2D eigenvalue weighted by Crippen LogP contribution is -2.08. The van der Waals surface area contributed by atoms with Crippen LogP contribution in [0, 0.1) is 5.82 Å². The number of rotatable bonds is 3. The van der Waals surface area contributed by atoms with E-state index in [1.807, 2.05) is 71.1 Å². The Morgan fingerprint density at radius 2 is 1.50 bits per heavy atom. The monoisotopic (exact) mass is 395 g/mol. The van der Waals surface area contributed by atoms with Crippen LogP contribution in [0.5, 0.6) is 0 Å². The predicted molar refractivity (Wildman–Crippen MR) is 117 cm³/mol. The van der Waals surface area contributed by atoms with E-state index in [0.717, 1.165) is 38.8 Å². The van der Waals surface area contributed by atoms with Crippen molar-refractivity contribution in [2.24, 2.45) is 0 Å². The van der Waals surface area contributed by atoms with Gasteiger partial charge in [0.25, 0.3) is 0 Å². The highest BCUT2D eigenvalue weighted by atomic mass is 19.1. The van der Waals surface area contributed by atoms with Crippen LogP contribution in [0.15, 0.2) is 91.0 Å². The van der Waals surface area contributed by atoms with Gasteiger partial charge in [0, 0.05) is 10.9 Å². The molecule has 0 unspecified atom stereocenters. The fourth-order valence-corrected chi connectivity index (χ4v) is 4.00. The van der Waals surface area contributed by atoms with Crippen LogP contribution in [-0.2, 0) is 4.74 Å². The standard InChI is InChI=1S/C26H18FNO2/c1-30-26(29)25-21(17-7-3-2-4-8-17)16-23(18-11-13-20(27)14-12-18)28-22-10-6-5-9-19(22)15-24(25)28/h2-16H,1H3. The molecule has 2 aromatic heterocycles. The number of para-hydroxylation sites is 1. The van der Waals surface area contributed by atoms with Gasteiger partial charge in [-0.15, -0.1) is 0 Å². The molecule has 0 amide bonds. The van der Waals surface area contributed by atoms with Gasteiger partial charge in [0.1, 0.15) is 5.82 Å². The molecule has 30 heavy (non-hydrogen) atoms. The molecule has 0 aliphatic rings. The Bertz CT molecular complexity index is 1390. The molecule has 5 rings (SSSR count). The van der Waals surface area contributed by atoms with Gasteiger partial charge in [-0.25, -0.2) is 9.18 Å². The molecule has 0 saturated heterocycles. The van der Waals surface area contributed by atoms with E-state index < -0.39 is 5.97 Å². The summed E-state index contributed by atoms with van der Waals surface area (Å²) in [6.45, 7) is 0. The number of pyridine rings is 1. The summed E-state index contributed by atoms with van der Waals surface area (Å²) in [6, 6.07) is 28.1. The van der Waals surface area contributed by atoms with Crippen molar-refractivity contribution in [3.05, 3.63) is 102 Å². The summed E-state index contributed by atoms with van der Waals surface area (Å²) in [5.41, 5.74) is 5.64. The molecule has 5 aromatic rings. The van der Waals surface area contributed by atoms with Crippen molar-refractivity contribution in [2.75, 3.05) is 7.11 Å². The highest BCUT2D eigenvalue weighted by Crippen LogP contribution is 2.37. The summed E-state index contributed by atoms with van der Waals surface area (Å²) < 4.78 is 20.8. The molecule has 0 radical (unpaired) electrons. The minimum Gasteiger partial charge on any atom is -0.465 e. The normalized spacial score (nSPS) is 11.1. The largest absolute Gasteiger partial charge is 0.465 e. The molecule has 3 aromatic carbocycles. The third-order valence-electron chi connectivity index (χ3n) is 5.37. The minimum atomic E-state index is -0.396. The minimum absolute atomic E-state index is 0.290. The molecule has 0 bridgehead atoms. The summed E-state index contributed by atoms with van der Waals surface area (Å²) in [5, 5.41) is 1.01. The Labute approximate surface area is 173 Å². The highest BCUT2D eigenvalue weighted by Gasteiger charge is 2.22. The predicted octanol–water partition coefficient (Wildman–Crippen LogP) is 6.35. The second kappa shape index (κ2) is 7.16. The SMILES string of the molecule is COC(=O)c1c(-c2ccccc2)cc(-c2ccc(F)cc2)n2c1cc1ccccc12. The number of carbonyl (C=O) groups excluding carboxylic acids is 1. The molecule has 0 N–H and O–H groups in total. The summed E-state index contributed by atoms with van der Waals surface area (Å²) in [7, 11) is 1.39. The summed E-state index contributed by atoms with van der Waals surface area (Å²) in [5.74, 6) is -0.686. The maximum absolute atomic E-state index is 13.6. The Hall–Kier alpha value is -3.92. The molecule has 0 fully saturated rings. The van der Waals surface area contributed by atoms with Gasteiger partial charge in [-0.1, -0.05) is 48.5 Å². The second-order valence-corrected chi connectivity index (χ2v) is 7.11. The topological polar surface area (TPSA) is 30.7 Å². The average molecular weight is 395 g/mol. The van der Waals surface area contributed by atoms with E-state index >= 15 is 0 Å². The number of nitrogens with zero attached hydrogens (tertiary/aromatic N) is 1. The first-order chi connectivity index (χ1) is 14.7. The Morgan fingerprint density at radius 1 is 0.800 bits per heavy atom. The lowest BCUT2D eigenvalue weighted by atomic mass is 9.97. The molecule has 3 nitrogen and oxygen atoms in total. The number of methoxy groups -OCH3 is 1. The maximum atomic E-state index is 13.6. The van der Waals surface area contributed by atoms with E-state index in [4.69, 9.17) is 4.74 Å². The first kappa shape index (κ1) is 18.1. The van der Waals surface area contributed by atoms with Crippen LogP contribution in [0.3, 0.4) is 0 Å². The highest BCUT2D eigenvalue weighted by molar-refractivity contribution is 6.08. The number of fused-ring (bicyclic) bond motifs is 3. The molecule has 2 heterocycles. The van der Waals surface area contributed by atoms with Crippen LogP contribution in [0.2, 0.25) is 0 Å². The van der Waals surface area contributed by atoms with Crippen molar-refractivity contribution in [2.45, 2.75) is 0 Å². The third-order valence-corrected chi connectivity index (χ3v) is 5.37. The Morgan fingerprint density at radius 3 is 2.23 bits per heavy atom. The number of carbonyl (C=O) groups is 1. The number of halogens is 1.